The van der Waals surface area contributed by atoms with Crippen molar-refractivity contribution in [1.82, 2.24) is 0 Å². The third kappa shape index (κ3) is 9.44. The molecule has 0 aliphatic heterocycles. The van der Waals surface area contributed by atoms with E-state index in [-0.39, 0.29) is 13.2 Å². The molecule has 2 N–H and O–H groups in total. The second-order valence-corrected chi connectivity index (χ2v) is 3.45. The summed E-state index contributed by atoms with van der Waals surface area (Å²) in [4.78, 5) is 0. The van der Waals surface area contributed by atoms with Gasteiger partial charge in [0.15, 0.2) is 0 Å². The van der Waals surface area contributed by atoms with Gasteiger partial charge in [-0.05, 0) is 31.6 Å². The van der Waals surface area contributed by atoms with Crippen molar-refractivity contribution in [3.05, 3.63) is 37.0 Å². The standard InChI is InChI=1S/C13H22O2/c1-2-13(9-5-3-7-11-14)10-6-4-8-12-15/h2-5,8,13-15H,1,6-7,9-12H2/b5-3+,8-4-. The van der Waals surface area contributed by atoms with Crippen LogP contribution in [0.25, 0.3) is 0 Å². The predicted octanol–water partition coefficient (Wildman–Crippen LogP) is 2.45. The summed E-state index contributed by atoms with van der Waals surface area (Å²) >= 11 is 0. The summed E-state index contributed by atoms with van der Waals surface area (Å²) in [5.74, 6) is 0.489. The van der Waals surface area contributed by atoms with Gasteiger partial charge in [-0.2, -0.15) is 0 Å². The van der Waals surface area contributed by atoms with Gasteiger partial charge >= 0.3 is 0 Å². The van der Waals surface area contributed by atoms with Crippen LogP contribution in [0.4, 0.5) is 0 Å². The Morgan fingerprint density at radius 1 is 1.00 bits per heavy atom. The van der Waals surface area contributed by atoms with Gasteiger partial charge < -0.3 is 10.2 Å². The Balaban J connectivity index is 3.63. The van der Waals surface area contributed by atoms with Crippen molar-refractivity contribution in [2.75, 3.05) is 13.2 Å². The molecular weight excluding hydrogens is 188 g/mol. The maximum atomic E-state index is 8.58. The molecule has 1 unspecified atom stereocenters. The average Bonchev–Trinajstić information content (AvgIpc) is 2.27. The van der Waals surface area contributed by atoms with E-state index < -0.39 is 0 Å². The van der Waals surface area contributed by atoms with Crippen LogP contribution < -0.4 is 0 Å². The fourth-order valence-electron chi connectivity index (χ4n) is 1.30. The van der Waals surface area contributed by atoms with Crippen molar-refractivity contribution in [2.45, 2.75) is 25.7 Å². The van der Waals surface area contributed by atoms with Gasteiger partial charge in [0.05, 0.1) is 6.61 Å². The monoisotopic (exact) mass is 210 g/mol. The van der Waals surface area contributed by atoms with Crippen molar-refractivity contribution in [3.8, 4) is 0 Å². The summed E-state index contributed by atoms with van der Waals surface area (Å²) in [5, 5.41) is 17.1. The van der Waals surface area contributed by atoms with Crippen LogP contribution in [0.1, 0.15) is 25.7 Å². The van der Waals surface area contributed by atoms with Crippen LogP contribution in [0, 0.1) is 5.92 Å². The fraction of sp³-hybridized carbons (Fsp3) is 0.538. The van der Waals surface area contributed by atoms with Gasteiger partial charge in [0.1, 0.15) is 0 Å². The zero-order chi connectivity index (χ0) is 11.4. The minimum absolute atomic E-state index is 0.120. The SMILES string of the molecule is C=CC(C/C=C/CCO)CC/C=C\CO. The molecule has 0 saturated heterocycles. The molecular formula is C13H22O2. The fourth-order valence-corrected chi connectivity index (χ4v) is 1.30. The molecule has 0 aromatic carbocycles. The summed E-state index contributed by atoms with van der Waals surface area (Å²) in [6.07, 6.45) is 13.6. The summed E-state index contributed by atoms with van der Waals surface area (Å²) in [5.41, 5.74) is 0. The molecule has 0 spiro atoms. The van der Waals surface area contributed by atoms with Gasteiger partial charge in [-0.25, -0.2) is 0 Å². The first-order valence-electron chi connectivity index (χ1n) is 5.49. The lowest BCUT2D eigenvalue weighted by Gasteiger charge is -2.07. The molecule has 0 aliphatic carbocycles. The molecule has 15 heavy (non-hydrogen) atoms. The molecule has 2 heteroatoms. The lowest BCUT2D eigenvalue weighted by molar-refractivity contribution is 0.302. The highest BCUT2D eigenvalue weighted by molar-refractivity contribution is 4.91. The molecule has 1 atom stereocenters. The largest absolute Gasteiger partial charge is 0.396 e. The molecule has 0 saturated carbocycles. The van der Waals surface area contributed by atoms with E-state index in [0.29, 0.717) is 5.92 Å². The lowest BCUT2D eigenvalue weighted by atomic mass is 9.99. The number of hydrogen-bond donors (Lipinski definition) is 2. The Kier molecular flexibility index (Phi) is 10.6. The quantitative estimate of drug-likeness (QED) is 0.574. The Labute approximate surface area is 92.6 Å². The van der Waals surface area contributed by atoms with E-state index in [1.807, 2.05) is 18.2 Å². The molecule has 0 rings (SSSR count). The molecule has 0 bridgehead atoms. The number of hydrogen-bond acceptors (Lipinski definition) is 2. The summed E-state index contributed by atoms with van der Waals surface area (Å²) in [6, 6.07) is 0. The number of allylic oxidation sites excluding steroid dienone is 3. The van der Waals surface area contributed by atoms with Gasteiger partial charge in [0, 0.05) is 6.61 Å². The Bertz CT molecular complexity index is 195. The summed E-state index contributed by atoms with van der Waals surface area (Å²) < 4.78 is 0. The average molecular weight is 210 g/mol. The molecule has 0 heterocycles. The third-order valence-electron chi connectivity index (χ3n) is 2.21. The van der Waals surface area contributed by atoms with Crippen molar-refractivity contribution < 1.29 is 10.2 Å². The van der Waals surface area contributed by atoms with Crippen LogP contribution in [0.5, 0.6) is 0 Å². The van der Waals surface area contributed by atoms with Crippen molar-refractivity contribution in [1.29, 1.82) is 0 Å². The van der Waals surface area contributed by atoms with E-state index in [1.165, 1.54) is 0 Å². The molecule has 2 nitrogen and oxygen atoms in total. The highest BCUT2D eigenvalue weighted by Gasteiger charge is 1.99. The molecule has 0 radical (unpaired) electrons. The van der Waals surface area contributed by atoms with E-state index >= 15 is 0 Å². The molecule has 0 amide bonds. The maximum absolute atomic E-state index is 8.58. The van der Waals surface area contributed by atoms with Gasteiger partial charge in [-0.3, -0.25) is 0 Å². The maximum Gasteiger partial charge on any atom is 0.0612 e. The first-order valence-corrected chi connectivity index (χ1v) is 5.49. The van der Waals surface area contributed by atoms with Crippen LogP contribution in [-0.4, -0.2) is 23.4 Å². The number of aliphatic hydroxyl groups excluding tert-OH is 2. The zero-order valence-electron chi connectivity index (χ0n) is 9.31. The van der Waals surface area contributed by atoms with Crippen LogP contribution in [0.3, 0.4) is 0 Å². The highest BCUT2D eigenvalue weighted by atomic mass is 16.3. The van der Waals surface area contributed by atoms with Crippen LogP contribution in [0.2, 0.25) is 0 Å². The first-order chi connectivity index (χ1) is 7.35. The lowest BCUT2D eigenvalue weighted by Crippen LogP contribution is -1.93. The second-order valence-electron chi connectivity index (χ2n) is 3.45. The van der Waals surface area contributed by atoms with E-state index in [1.54, 1.807) is 6.08 Å². The molecule has 0 aliphatic rings. The minimum Gasteiger partial charge on any atom is -0.396 e. The van der Waals surface area contributed by atoms with E-state index in [0.717, 1.165) is 25.7 Å². The van der Waals surface area contributed by atoms with Gasteiger partial charge in [-0.15, -0.1) is 6.58 Å². The van der Waals surface area contributed by atoms with E-state index in [2.05, 4.69) is 12.7 Å². The van der Waals surface area contributed by atoms with Gasteiger partial charge in [-0.1, -0.05) is 30.4 Å². The normalized spacial score (nSPS) is 13.7. The molecule has 86 valence electrons. The Morgan fingerprint density at radius 3 is 2.33 bits per heavy atom. The summed E-state index contributed by atoms with van der Waals surface area (Å²) in [7, 11) is 0. The van der Waals surface area contributed by atoms with Crippen molar-refractivity contribution >= 4 is 0 Å². The van der Waals surface area contributed by atoms with Gasteiger partial charge in [0.2, 0.25) is 0 Å². The number of rotatable bonds is 9. The molecule has 0 aromatic rings. The van der Waals surface area contributed by atoms with E-state index in [4.69, 9.17) is 10.2 Å². The minimum atomic E-state index is 0.120. The second kappa shape index (κ2) is 11.2. The molecule has 0 aromatic heterocycles. The van der Waals surface area contributed by atoms with Crippen LogP contribution in [0.15, 0.2) is 37.0 Å². The first kappa shape index (κ1) is 14.1. The van der Waals surface area contributed by atoms with Gasteiger partial charge in [0.25, 0.3) is 0 Å². The topological polar surface area (TPSA) is 40.5 Å². The highest BCUT2D eigenvalue weighted by Crippen LogP contribution is 2.13. The smallest absolute Gasteiger partial charge is 0.0612 e. The van der Waals surface area contributed by atoms with Crippen LogP contribution >= 0.6 is 0 Å². The summed E-state index contributed by atoms with van der Waals surface area (Å²) in [6.45, 7) is 4.14. The third-order valence-corrected chi connectivity index (χ3v) is 2.21. The van der Waals surface area contributed by atoms with Crippen molar-refractivity contribution in [3.63, 3.8) is 0 Å². The number of aliphatic hydroxyl groups is 2. The van der Waals surface area contributed by atoms with E-state index in [9.17, 15) is 0 Å². The predicted molar refractivity (Wildman–Crippen MR) is 64.6 cm³/mol. The zero-order valence-corrected chi connectivity index (χ0v) is 9.31. The van der Waals surface area contributed by atoms with Crippen LogP contribution in [-0.2, 0) is 0 Å². The Morgan fingerprint density at radius 2 is 1.73 bits per heavy atom. The Hall–Kier alpha value is -0.860. The molecule has 0 fully saturated rings. The van der Waals surface area contributed by atoms with Crippen molar-refractivity contribution in [2.24, 2.45) is 5.92 Å².